The lowest BCUT2D eigenvalue weighted by Gasteiger charge is -2.21. The molecule has 0 saturated heterocycles. The van der Waals surface area contributed by atoms with E-state index in [0.29, 0.717) is 16.9 Å². The van der Waals surface area contributed by atoms with Crippen LogP contribution in [-0.2, 0) is 16.0 Å². The maximum absolute atomic E-state index is 12.3. The first-order chi connectivity index (χ1) is 12.7. The summed E-state index contributed by atoms with van der Waals surface area (Å²) in [6.45, 7) is 5.52. The number of carboxylic acids is 1. The number of nitrogens with one attached hydrogen (secondary N) is 1. The largest absolute Gasteiger partial charge is 0.548 e. The van der Waals surface area contributed by atoms with Crippen molar-refractivity contribution in [3.05, 3.63) is 39.7 Å². The molecule has 1 aromatic carbocycles. The normalized spacial score (nSPS) is 12.2. The zero-order valence-electron chi connectivity index (χ0n) is 16.0. The number of carbonyl (C=O) groups excluding carboxylic acids is 2. The molecule has 0 radical (unpaired) electrons. The van der Waals surface area contributed by atoms with E-state index < -0.39 is 23.5 Å². The van der Waals surface area contributed by atoms with Crippen molar-refractivity contribution in [2.45, 2.75) is 46.1 Å². The van der Waals surface area contributed by atoms with Crippen LogP contribution < -0.4 is 20.8 Å². The highest BCUT2D eigenvalue weighted by Crippen LogP contribution is 2.24. The summed E-state index contributed by atoms with van der Waals surface area (Å²) in [5.41, 5.74) is 1.03. The molecule has 0 fully saturated rings. The van der Waals surface area contributed by atoms with Crippen molar-refractivity contribution in [3.8, 4) is 5.75 Å². The fraction of sp³-hybridized carbons (Fsp3) is 0.450. The van der Waals surface area contributed by atoms with Gasteiger partial charge in [-0.15, -0.1) is 0 Å². The van der Waals surface area contributed by atoms with Crippen molar-refractivity contribution in [1.82, 2.24) is 5.32 Å². The van der Waals surface area contributed by atoms with Crippen molar-refractivity contribution in [3.63, 3.8) is 0 Å². The number of aliphatic carboxylic acids is 1. The Morgan fingerprint density at radius 2 is 2.00 bits per heavy atom. The number of fused-ring (bicyclic) bond motifs is 1. The van der Waals surface area contributed by atoms with Crippen LogP contribution in [0, 0.1) is 12.8 Å². The summed E-state index contributed by atoms with van der Waals surface area (Å²) >= 11 is 0. The minimum absolute atomic E-state index is 0.0187. The molecule has 27 heavy (non-hydrogen) atoms. The van der Waals surface area contributed by atoms with E-state index in [1.165, 1.54) is 7.11 Å². The zero-order chi connectivity index (χ0) is 20.1. The van der Waals surface area contributed by atoms with Crippen LogP contribution in [0.15, 0.2) is 27.4 Å². The lowest BCUT2D eigenvalue weighted by Crippen LogP contribution is -2.48. The van der Waals surface area contributed by atoms with Gasteiger partial charge in [0.1, 0.15) is 11.3 Å². The van der Waals surface area contributed by atoms with E-state index in [2.05, 4.69) is 5.32 Å². The number of rotatable bonds is 8. The number of aryl methyl sites for hydroxylation is 1. The van der Waals surface area contributed by atoms with E-state index >= 15 is 0 Å². The van der Waals surface area contributed by atoms with Gasteiger partial charge in [-0.05, 0) is 43.4 Å². The summed E-state index contributed by atoms with van der Waals surface area (Å²) in [7, 11) is 1.53. The predicted octanol–water partition coefficient (Wildman–Crippen LogP) is 1.32. The van der Waals surface area contributed by atoms with E-state index in [4.69, 9.17) is 9.15 Å². The van der Waals surface area contributed by atoms with Gasteiger partial charge in [0, 0.05) is 23.4 Å². The predicted molar refractivity (Wildman–Crippen MR) is 98.5 cm³/mol. The van der Waals surface area contributed by atoms with Crippen LogP contribution in [0.1, 0.15) is 37.8 Å². The number of ether oxygens (including phenoxy) is 1. The average molecular weight is 374 g/mol. The summed E-state index contributed by atoms with van der Waals surface area (Å²) in [6.07, 6.45) is 0.422. The molecular weight excluding hydrogens is 350 g/mol. The van der Waals surface area contributed by atoms with E-state index in [1.807, 2.05) is 13.8 Å². The van der Waals surface area contributed by atoms with Crippen molar-refractivity contribution in [1.29, 1.82) is 0 Å². The highest BCUT2D eigenvalue weighted by Gasteiger charge is 2.17. The van der Waals surface area contributed by atoms with Crippen LogP contribution in [0.25, 0.3) is 11.0 Å². The Hall–Kier alpha value is -2.83. The van der Waals surface area contributed by atoms with E-state index in [9.17, 15) is 19.5 Å². The number of hydrogen-bond donors (Lipinski definition) is 1. The Morgan fingerprint density at radius 1 is 1.30 bits per heavy atom. The number of methoxy groups -OCH3 is 1. The Morgan fingerprint density at radius 3 is 2.59 bits per heavy atom. The number of amides is 1. The van der Waals surface area contributed by atoms with Gasteiger partial charge in [-0.25, -0.2) is 4.79 Å². The highest BCUT2D eigenvalue weighted by molar-refractivity contribution is 5.84. The zero-order valence-corrected chi connectivity index (χ0v) is 16.0. The first-order valence-corrected chi connectivity index (χ1v) is 8.83. The van der Waals surface area contributed by atoms with Gasteiger partial charge in [-0.2, -0.15) is 0 Å². The second-order valence-electron chi connectivity index (χ2n) is 6.92. The molecule has 0 bridgehead atoms. The molecule has 1 heterocycles. The molecule has 1 N–H and O–H groups in total. The standard InChI is InChI=1S/C20H25NO6/c1-11(2)9-16(19(23)24)21-18(22)8-7-15-12(3)14-6-5-13(26-4)10-17(14)27-20(15)25/h5-6,10-11,16H,7-9H2,1-4H3,(H,21,22)(H,23,24)/p-1/t16-/m0/s1. The summed E-state index contributed by atoms with van der Waals surface area (Å²) in [5, 5.41) is 14.4. The minimum Gasteiger partial charge on any atom is -0.548 e. The molecule has 7 heteroatoms. The number of carboxylic acid groups (broad SMARTS) is 1. The summed E-state index contributed by atoms with van der Waals surface area (Å²) in [6, 6.07) is 4.16. The Bertz CT molecular complexity index is 899. The van der Waals surface area contributed by atoms with Crippen LogP contribution in [0.2, 0.25) is 0 Å². The molecule has 1 aromatic heterocycles. The third-order valence-electron chi connectivity index (χ3n) is 4.42. The quantitative estimate of drug-likeness (QED) is 0.698. The summed E-state index contributed by atoms with van der Waals surface area (Å²) in [4.78, 5) is 35.6. The van der Waals surface area contributed by atoms with Gasteiger partial charge >= 0.3 is 5.63 Å². The van der Waals surface area contributed by atoms with Gasteiger partial charge in [0.2, 0.25) is 5.91 Å². The molecule has 1 amide bonds. The van der Waals surface area contributed by atoms with Crippen molar-refractivity contribution in [2.75, 3.05) is 7.11 Å². The molecule has 7 nitrogen and oxygen atoms in total. The van der Waals surface area contributed by atoms with Crippen molar-refractivity contribution in [2.24, 2.45) is 5.92 Å². The van der Waals surface area contributed by atoms with Crippen LogP contribution >= 0.6 is 0 Å². The SMILES string of the molecule is COc1ccc2c(C)c(CCC(=O)N[C@@H](CC(C)C)C(=O)[O-])c(=O)oc2c1. The lowest BCUT2D eigenvalue weighted by molar-refractivity contribution is -0.308. The molecule has 0 unspecified atom stereocenters. The fourth-order valence-corrected chi connectivity index (χ4v) is 2.98. The van der Waals surface area contributed by atoms with Crippen LogP contribution in [0.4, 0.5) is 0 Å². The molecule has 0 aliphatic heterocycles. The average Bonchev–Trinajstić information content (AvgIpc) is 2.59. The number of carbonyl (C=O) groups is 2. The Balaban J connectivity index is 2.15. The van der Waals surface area contributed by atoms with Crippen molar-refractivity contribution < 1.29 is 23.8 Å². The van der Waals surface area contributed by atoms with E-state index in [1.54, 1.807) is 25.1 Å². The second-order valence-corrected chi connectivity index (χ2v) is 6.92. The maximum Gasteiger partial charge on any atom is 0.339 e. The van der Waals surface area contributed by atoms with Gasteiger partial charge < -0.3 is 24.4 Å². The first-order valence-electron chi connectivity index (χ1n) is 8.83. The first kappa shape index (κ1) is 20.5. The molecule has 2 aromatic rings. The van der Waals surface area contributed by atoms with Crippen LogP contribution in [-0.4, -0.2) is 25.0 Å². The lowest BCUT2D eigenvalue weighted by atomic mass is 10.0. The molecule has 0 spiro atoms. The van der Waals surface area contributed by atoms with Gasteiger partial charge in [-0.3, -0.25) is 4.79 Å². The highest BCUT2D eigenvalue weighted by atomic mass is 16.5. The molecule has 146 valence electrons. The summed E-state index contributed by atoms with van der Waals surface area (Å²) in [5.74, 6) is -1.08. The third kappa shape index (κ3) is 5.09. The van der Waals surface area contributed by atoms with Crippen LogP contribution in [0.3, 0.4) is 0 Å². The smallest absolute Gasteiger partial charge is 0.339 e. The van der Waals surface area contributed by atoms with Crippen molar-refractivity contribution >= 4 is 22.8 Å². The van der Waals surface area contributed by atoms with Gasteiger partial charge in [-0.1, -0.05) is 13.8 Å². The Kier molecular flexibility index (Phi) is 6.60. The molecule has 0 aliphatic carbocycles. The van der Waals surface area contributed by atoms with E-state index in [-0.39, 0.29) is 25.2 Å². The maximum atomic E-state index is 12.3. The van der Waals surface area contributed by atoms with E-state index in [0.717, 1.165) is 10.9 Å². The van der Waals surface area contributed by atoms with Gasteiger partial charge in [0.25, 0.3) is 0 Å². The Labute approximate surface area is 157 Å². The summed E-state index contributed by atoms with van der Waals surface area (Å²) < 4.78 is 10.5. The fourth-order valence-electron chi connectivity index (χ4n) is 2.98. The number of hydrogen-bond acceptors (Lipinski definition) is 6. The second kappa shape index (κ2) is 8.70. The monoisotopic (exact) mass is 374 g/mol. The third-order valence-corrected chi connectivity index (χ3v) is 4.42. The molecular formula is C20H24NO6-. The number of benzene rings is 1. The molecule has 2 rings (SSSR count). The molecule has 0 aliphatic rings. The van der Waals surface area contributed by atoms with Gasteiger partial charge in [0.15, 0.2) is 0 Å². The topological polar surface area (TPSA) is 109 Å². The minimum atomic E-state index is -1.31. The van der Waals surface area contributed by atoms with Gasteiger partial charge in [0.05, 0.1) is 19.1 Å². The molecule has 1 atom stereocenters. The van der Waals surface area contributed by atoms with Crippen LogP contribution in [0.5, 0.6) is 5.75 Å². The molecule has 0 saturated carbocycles.